The zero-order chi connectivity index (χ0) is 17.0. The summed E-state index contributed by atoms with van der Waals surface area (Å²) in [5.41, 5.74) is 0.408. The number of carbonyl (C=O) groups excluding carboxylic acids is 1. The molecule has 0 aliphatic carbocycles. The van der Waals surface area contributed by atoms with Gasteiger partial charge in [0.05, 0.1) is 4.90 Å². The molecule has 1 aromatic carbocycles. The van der Waals surface area contributed by atoms with E-state index in [0.29, 0.717) is 18.2 Å². The average molecular weight is 338 g/mol. The van der Waals surface area contributed by atoms with Gasteiger partial charge < -0.3 is 0 Å². The van der Waals surface area contributed by atoms with Crippen molar-refractivity contribution in [3.8, 4) is 0 Å². The van der Waals surface area contributed by atoms with Gasteiger partial charge in [-0.15, -0.1) is 0 Å². The first-order valence-corrected chi connectivity index (χ1v) is 9.66. The molecule has 0 bridgehead atoms. The first kappa shape index (κ1) is 18.1. The number of carbonyl (C=O) groups is 1. The molecule has 0 amide bonds. The van der Waals surface area contributed by atoms with Crippen LogP contribution < -0.4 is 4.72 Å². The van der Waals surface area contributed by atoms with E-state index in [-0.39, 0.29) is 16.7 Å². The highest BCUT2D eigenvalue weighted by molar-refractivity contribution is 7.89. The van der Waals surface area contributed by atoms with Crippen molar-refractivity contribution in [3.63, 3.8) is 0 Å². The molecule has 0 radical (unpaired) electrons. The van der Waals surface area contributed by atoms with Gasteiger partial charge in [0, 0.05) is 24.2 Å². The van der Waals surface area contributed by atoms with Gasteiger partial charge in [0.25, 0.3) is 0 Å². The Morgan fingerprint density at radius 1 is 1.39 bits per heavy atom. The molecular formula is C17H26N2O3S. The van der Waals surface area contributed by atoms with Crippen molar-refractivity contribution in [3.05, 3.63) is 29.8 Å². The third-order valence-electron chi connectivity index (χ3n) is 4.54. The summed E-state index contributed by atoms with van der Waals surface area (Å²) in [6, 6.07) is 6.81. The maximum absolute atomic E-state index is 12.4. The van der Waals surface area contributed by atoms with Gasteiger partial charge in [0.15, 0.2) is 5.78 Å². The molecule has 2 unspecified atom stereocenters. The lowest BCUT2D eigenvalue weighted by Crippen LogP contribution is -2.48. The molecule has 23 heavy (non-hydrogen) atoms. The van der Waals surface area contributed by atoms with Crippen molar-refractivity contribution in [1.29, 1.82) is 0 Å². The molecule has 1 heterocycles. The summed E-state index contributed by atoms with van der Waals surface area (Å²) in [6.45, 7) is 7.07. The van der Waals surface area contributed by atoms with E-state index in [4.69, 9.17) is 0 Å². The lowest BCUT2D eigenvalue weighted by Gasteiger charge is -2.38. The number of ketones is 1. The smallest absolute Gasteiger partial charge is 0.240 e. The van der Waals surface area contributed by atoms with Gasteiger partial charge in [-0.1, -0.05) is 18.6 Å². The van der Waals surface area contributed by atoms with Crippen LogP contribution in [0.3, 0.4) is 0 Å². The molecule has 0 spiro atoms. The van der Waals surface area contributed by atoms with Crippen molar-refractivity contribution in [2.24, 2.45) is 0 Å². The summed E-state index contributed by atoms with van der Waals surface area (Å²) in [4.78, 5) is 13.9. The van der Waals surface area contributed by atoms with E-state index in [1.165, 1.54) is 31.9 Å². The second kappa shape index (κ2) is 7.55. The van der Waals surface area contributed by atoms with Crippen LogP contribution in [0.15, 0.2) is 29.2 Å². The Balaban J connectivity index is 2.03. The fourth-order valence-corrected chi connectivity index (χ4v) is 4.26. The van der Waals surface area contributed by atoms with E-state index in [9.17, 15) is 13.2 Å². The van der Waals surface area contributed by atoms with Crippen LogP contribution in [0.25, 0.3) is 0 Å². The second-order valence-corrected chi connectivity index (χ2v) is 8.13. The van der Waals surface area contributed by atoms with Crippen LogP contribution in [0, 0.1) is 0 Å². The normalized spacial score (nSPS) is 21.1. The summed E-state index contributed by atoms with van der Waals surface area (Å²) in [5, 5.41) is 0. The third kappa shape index (κ3) is 4.62. The van der Waals surface area contributed by atoms with Gasteiger partial charge >= 0.3 is 0 Å². The highest BCUT2D eigenvalue weighted by Crippen LogP contribution is 2.19. The number of nitrogens with one attached hydrogen (secondary N) is 1. The van der Waals surface area contributed by atoms with Crippen molar-refractivity contribution >= 4 is 15.8 Å². The molecule has 5 nitrogen and oxygen atoms in total. The van der Waals surface area contributed by atoms with Crippen molar-refractivity contribution in [1.82, 2.24) is 9.62 Å². The second-order valence-electron chi connectivity index (χ2n) is 6.37. The molecule has 0 saturated carbocycles. The number of likely N-dealkylation sites (tertiary alicyclic amines) is 1. The van der Waals surface area contributed by atoms with E-state index < -0.39 is 10.0 Å². The fraction of sp³-hybridized carbons (Fsp3) is 0.588. The maximum atomic E-state index is 12.4. The highest BCUT2D eigenvalue weighted by Gasteiger charge is 2.24. The molecule has 2 atom stereocenters. The Kier molecular flexibility index (Phi) is 5.95. The molecule has 2 rings (SSSR count). The summed E-state index contributed by atoms with van der Waals surface area (Å²) in [7, 11) is -3.60. The van der Waals surface area contributed by atoms with Crippen LogP contribution >= 0.6 is 0 Å². The minimum absolute atomic E-state index is 0.141. The molecule has 1 saturated heterocycles. The van der Waals surface area contributed by atoms with Crippen molar-refractivity contribution in [2.75, 3.05) is 13.1 Å². The largest absolute Gasteiger partial charge is 0.297 e. The minimum Gasteiger partial charge on any atom is -0.297 e. The quantitative estimate of drug-likeness (QED) is 0.809. The molecule has 6 heteroatoms. The summed E-state index contributed by atoms with van der Waals surface area (Å²) in [6.07, 6.45) is 3.58. The lowest BCUT2D eigenvalue weighted by molar-refractivity contribution is 0.101. The van der Waals surface area contributed by atoms with Crippen LogP contribution in [0.2, 0.25) is 0 Å². The number of benzene rings is 1. The topological polar surface area (TPSA) is 66.5 Å². The number of hydrogen-bond donors (Lipinski definition) is 1. The van der Waals surface area contributed by atoms with E-state index in [2.05, 4.69) is 23.5 Å². The Bertz CT molecular complexity index is 658. The van der Waals surface area contributed by atoms with E-state index >= 15 is 0 Å². The lowest BCUT2D eigenvalue weighted by atomic mass is 10.0. The van der Waals surface area contributed by atoms with Crippen LogP contribution in [-0.4, -0.2) is 44.3 Å². The molecule has 128 valence electrons. The van der Waals surface area contributed by atoms with Crippen LogP contribution in [0.4, 0.5) is 0 Å². The predicted molar refractivity (Wildman–Crippen MR) is 91.1 cm³/mol. The number of nitrogens with zero attached hydrogens (tertiary/aromatic N) is 1. The monoisotopic (exact) mass is 338 g/mol. The minimum atomic E-state index is -3.60. The molecule has 1 aliphatic heterocycles. The van der Waals surface area contributed by atoms with E-state index in [0.717, 1.165) is 13.0 Å². The van der Waals surface area contributed by atoms with Gasteiger partial charge in [-0.3, -0.25) is 9.69 Å². The Hall–Kier alpha value is -1.24. The van der Waals surface area contributed by atoms with Gasteiger partial charge in [-0.25, -0.2) is 13.1 Å². The highest BCUT2D eigenvalue weighted by atomic mass is 32.2. The zero-order valence-corrected chi connectivity index (χ0v) is 14.9. The van der Waals surface area contributed by atoms with E-state index in [1.807, 2.05) is 0 Å². The number of Topliss-reactive ketones (excluding diaryl/α,β-unsaturated/α-hetero) is 1. The number of hydrogen-bond acceptors (Lipinski definition) is 4. The summed E-state index contributed by atoms with van der Waals surface area (Å²) in [5.74, 6) is -0.141. The molecule has 1 fully saturated rings. The van der Waals surface area contributed by atoms with Crippen LogP contribution in [0.5, 0.6) is 0 Å². The van der Waals surface area contributed by atoms with Crippen molar-refractivity contribution in [2.45, 2.75) is 57.0 Å². The molecule has 1 aromatic rings. The standard InChI is InChI=1S/C17H26N2O3S/c1-13-7-4-5-10-19(13)14(2)12-18-23(21,22)17-9-6-8-16(11-17)15(3)20/h6,8-9,11,13-14,18H,4-5,7,10,12H2,1-3H3. The Labute approximate surface area is 139 Å². The fourth-order valence-electron chi connectivity index (χ4n) is 3.09. The summed E-state index contributed by atoms with van der Waals surface area (Å²) < 4.78 is 27.5. The van der Waals surface area contributed by atoms with Crippen molar-refractivity contribution < 1.29 is 13.2 Å². The number of sulfonamides is 1. The van der Waals surface area contributed by atoms with Gasteiger partial charge in [0.1, 0.15) is 0 Å². The molecule has 1 aliphatic rings. The molecular weight excluding hydrogens is 312 g/mol. The van der Waals surface area contributed by atoms with Crippen LogP contribution in [-0.2, 0) is 10.0 Å². The summed E-state index contributed by atoms with van der Waals surface area (Å²) >= 11 is 0. The van der Waals surface area contributed by atoms with Gasteiger partial charge in [-0.2, -0.15) is 0 Å². The Morgan fingerprint density at radius 2 is 2.13 bits per heavy atom. The molecule has 1 N–H and O–H groups in total. The SMILES string of the molecule is CC(=O)c1cccc(S(=O)(=O)NCC(C)N2CCCCC2C)c1. The van der Waals surface area contributed by atoms with Crippen LogP contribution in [0.1, 0.15) is 50.4 Å². The zero-order valence-electron chi connectivity index (χ0n) is 14.1. The van der Waals surface area contributed by atoms with E-state index in [1.54, 1.807) is 12.1 Å². The predicted octanol–water partition coefficient (Wildman–Crippen LogP) is 2.43. The number of piperidine rings is 1. The third-order valence-corrected chi connectivity index (χ3v) is 5.96. The first-order valence-electron chi connectivity index (χ1n) is 8.17. The first-order chi connectivity index (χ1) is 10.8. The number of rotatable bonds is 6. The Morgan fingerprint density at radius 3 is 2.78 bits per heavy atom. The maximum Gasteiger partial charge on any atom is 0.240 e. The van der Waals surface area contributed by atoms with Gasteiger partial charge in [-0.05, 0) is 52.3 Å². The van der Waals surface area contributed by atoms with Gasteiger partial charge in [0.2, 0.25) is 10.0 Å². The molecule has 0 aromatic heterocycles. The average Bonchev–Trinajstić information content (AvgIpc) is 2.53.